The Morgan fingerprint density at radius 3 is 3.20 bits per heavy atom. The van der Waals surface area contributed by atoms with Gasteiger partial charge in [0.25, 0.3) is 0 Å². The van der Waals surface area contributed by atoms with Gasteiger partial charge in [0.1, 0.15) is 5.52 Å². The van der Waals surface area contributed by atoms with Crippen LogP contribution < -0.4 is 5.73 Å². The van der Waals surface area contributed by atoms with E-state index in [0.29, 0.717) is 5.69 Å². The van der Waals surface area contributed by atoms with E-state index in [1.165, 1.54) is 0 Å². The average Bonchev–Trinajstić information content (AvgIpc) is 2.33. The highest BCUT2D eigenvalue weighted by Gasteiger charge is 1.94. The van der Waals surface area contributed by atoms with Crippen LogP contribution in [0.2, 0.25) is 0 Å². The second-order valence-electron chi connectivity index (χ2n) is 2.07. The van der Waals surface area contributed by atoms with Gasteiger partial charge in [0.15, 0.2) is 0 Å². The van der Waals surface area contributed by atoms with Crippen LogP contribution >= 0.6 is 0 Å². The van der Waals surface area contributed by atoms with Gasteiger partial charge in [-0.3, -0.25) is 10.1 Å². The SMILES string of the molecule is Nc1cnc2cn[nH]c2c1. The highest BCUT2D eigenvalue weighted by molar-refractivity contribution is 5.75. The zero-order valence-corrected chi connectivity index (χ0v) is 5.20. The molecule has 0 aliphatic carbocycles. The largest absolute Gasteiger partial charge is 0.397 e. The van der Waals surface area contributed by atoms with E-state index < -0.39 is 0 Å². The number of hydrogen-bond donors (Lipinski definition) is 2. The molecular formula is C6H6N4. The van der Waals surface area contributed by atoms with E-state index in [2.05, 4.69) is 15.2 Å². The molecule has 0 saturated carbocycles. The lowest BCUT2D eigenvalue weighted by molar-refractivity contribution is 1.12. The fourth-order valence-corrected chi connectivity index (χ4v) is 0.847. The molecule has 0 spiro atoms. The normalized spacial score (nSPS) is 10.4. The van der Waals surface area contributed by atoms with Crippen molar-refractivity contribution in [1.29, 1.82) is 0 Å². The maximum absolute atomic E-state index is 5.47. The summed E-state index contributed by atoms with van der Waals surface area (Å²) in [4.78, 5) is 4.02. The van der Waals surface area contributed by atoms with Crippen LogP contribution in [-0.2, 0) is 0 Å². The van der Waals surface area contributed by atoms with E-state index in [9.17, 15) is 0 Å². The zero-order chi connectivity index (χ0) is 6.97. The second kappa shape index (κ2) is 1.70. The Morgan fingerprint density at radius 2 is 2.30 bits per heavy atom. The average molecular weight is 134 g/mol. The maximum Gasteiger partial charge on any atom is 0.108 e. The lowest BCUT2D eigenvalue weighted by Gasteiger charge is -1.88. The van der Waals surface area contributed by atoms with E-state index in [1.807, 2.05) is 0 Å². The van der Waals surface area contributed by atoms with Crippen LogP contribution in [0.5, 0.6) is 0 Å². The van der Waals surface area contributed by atoms with E-state index >= 15 is 0 Å². The topological polar surface area (TPSA) is 67.6 Å². The van der Waals surface area contributed by atoms with E-state index in [1.54, 1.807) is 18.5 Å². The Hall–Kier alpha value is -1.58. The molecule has 2 rings (SSSR count). The molecule has 0 radical (unpaired) electrons. The molecule has 0 aliphatic heterocycles. The Balaban J connectivity index is 2.86. The van der Waals surface area contributed by atoms with Gasteiger partial charge in [-0.05, 0) is 6.07 Å². The van der Waals surface area contributed by atoms with Crippen LogP contribution in [0.15, 0.2) is 18.5 Å². The summed E-state index contributed by atoms with van der Waals surface area (Å²) < 4.78 is 0. The number of nitrogens with one attached hydrogen (secondary N) is 1. The molecule has 0 atom stereocenters. The van der Waals surface area contributed by atoms with Crippen LogP contribution in [0.3, 0.4) is 0 Å². The van der Waals surface area contributed by atoms with Gasteiger partial charge in [-0.25, -0.2) is 0 Å². The molecule has 10 heavy (non-hydrogen) atoms. The summed E-state index contributed by atoms with van der Waals surface area (Å²) in [7, 11) is 0. The minimum atomic E-state index is 0.650. The quantitative estimate of drug-likeness (QED) is 0.552. The molecule has 0 saturated heterocycles. The first kappa shape index (κ1) is 5.22. The van der Waals surface area contributed by atoms with Crippen molar-refractivity contribution >= 4 is 16.7 Å². The molecule has 0 aliphatic rings. The second-order valence-corrected chi connectivity index (χ2v) is 2.07. The van der Waals surface area contributed by atoms with Crippen molar-refractivity contribution in [2.24, 2.45) is 0 Å². The summed E-state index contributed by atoms with van der Waals surface area (Å²) in [6.07, 6.45) is 3.27. The number of rotatable bonds is 0. The Bertz CT molecular complexity index is 351. The first-order chi connectivity index (χ1) is 4.86. The molecule has 0 unspecified atom stereocenters. The third-order valence-electron chi connectivity index (χ3n) is 1.31. The Labute approximate surface area is 57.1 Å². The summed E-state index contributed by atoms with van der Waals surface area (Å²) in [6, 6.07) is 1.80. The van der Waals surface area contributed by atoms with Gasteiger partial charge in [0.05, 0.1) is 23.6 Å². The van der Waals surface area contributed by atoms with Crippen LogP contribution in [-0.4, -0.2) is 15.2 Å². The van der Waals surface area contributed by atoms with Crippen LogP contribution in [0.25, 0.3) is 11.0 Å². The van der Waals surface area contributed by atoms with Gasteiger partial charge in [-0.2, -0.15) is 5.10 Å². The number of aromatic amines is 1. The number of fused-ring (bicyclic) bond motifs is 1. The third-order valence-corrected chi connectivity index (χ3v) is 1.31. The van der Waals surface area contributed by atoms with Crippen molar-refractivity contribution in [2.75, 3.05) is 5.73 Å². The standard InChI is InChI=1S/C6H6N4/c7-4-1-5-6(8-2-4)3-9-10-5/h1-3H,7H2,(H,9,10). The van der Waals surface area contributed by atoms with Gasteiger partial charge < -0.3 is 5.73 Å². The van der Waals surface area contributed by atoms with Gasteiger partial charge in [0, 0.05) is 0 Å². The number of nitrogen functional groups attached to an aromatic ring is 1. The monoisotopic (exact) mass is 134 g/mol. The Morgan fingerprint density at radius 1 is 1.40 bits per heavy atom. The molecular weight excluding hydrogens is 128 g/mol. The van der Waals surface area contributed by atoms with E-state index in [0.717, 1.165) is 11.0 Å². The van der Waals surface area contributed by atoms with Crippen molar-refractivity contribution < 1.29 is 0 Å². The number of pyridine rings is 1. The molecule has 2 aromatic rings. The third kappa shape index (κ3) is 0.621. The fraction of sp³-hybridized carbons (Fsp3) is 0. The van der Waals surface area contributed by atoms with Crippen molar-refractivity contribution in [1.82, 2.24) is 15.2 Å². The number of H-pyrrole nitrogens is 1. The van der Waals surface area contributed by atoms with Gasteiger partial charge >= 0.3 is 0 Å². The molecule has 4 heteroatoms. The molecule has 0 amide bonds. The first-order valence-electron chi connectivity index (χ1n) is 2.91. The van der Waals surface area contributed by atoms with E-state index in [-0.39, 0.29) is 0 Å². The van der Waals surface area contributed by atoms with Crippen LogP contribution in [0.4, 0.5) is 5.69 Å². The summed E-state index contributed by atoms with van der Waals surface area (Å²) in [5.74, 6) is 0. The molecule has 2 heterocycles. The number of nitrogens with two attached hydrogens (primary N) is 1. The molecule has 0 bridgehead atoms. The summed E-state index contributed by atoms with van der Waals surface area (Å²) in [5.41, 5.74) is 7.84. The number of aromatic nitrogens is 3. The fourth-order valence-electron chi connectivity index (χ4n) is 0.847. The van der Waals surface area contributed by atoms with E-state index in [4.69, 9.17) is 5.73 Å². The van der Waals surface area contributed by atoms with Crippen molar-refractivity contribution in [3.8, 4) is 0 Å². The smallest absolute Gasteiger partial charge is 0.108 e. The zero-order valence-electron chi connectivity index (χ0n) is 5.20. The number of anilines is 1. The predicted octanol–water partition coefficient (Wildman–Crippen LogP) is 0.540. The molecule has 2 aromatic heterocycles. The highest BCUT2D eigenvalue weighted by Crippen LogP contribution is 2.09. The molecule has 0 aromatic carbocycles. The van der Waals surface area contributed by atoms with Crippen molar-refractivity contribution in [3.05, 3.63) is 18.5 Å². The van der Waals surface area contributed by atoms with Crippen molar-refractivity contribution in [2.45, 2.75) is 0 Å². The summed E-state index contributed by atoms with van der Waals surface area (Å²) in [6.45, 7) is 0. The number of hydrogen-bond acceptors (Lipinski definition) is 3. The van der Waals surface area contributed by atoms with Gasteiger partial charge in [-0.1, -0.05) is 0 Å². The molecule has 0 fully saturated rings. The summed E-state index contributed by atoms with van der Waals surface area (Å²) in [5, 5.41) is 6.57. The molecule has 50 valence electrons. The molecule has 4 nitrogen and oxygen atoms in total. The minimum absolute atomic E-state index is 0.650. The highest BCUT2D eigenvalue weighted by atomic mass is 15.1. The predicted molar refractivity (Wildman–Crippen MR) is 38.3 cm³/mol. The first-order valence-corrected chi connectivity index (χ1v) is 2.91. The van der Waals surface area contributed by atoms with Crippen LogP contribution in [0, 0.1) is 0 Å². The lowest BCUT2D eigenvalue weighted by Crippen LogP contribution is -1.84. The van der Waals surface area contributed by atoms with Gasteiger partial charge in [-0.15, -0.1) is 0 Å². The molecule has 3 N–H and O–H groups in total. The van der Waals surface area contributed by atoms with Crippen LogP contribution in [0.1, 0.15) is 0 Å². The maximum atomic E-state index is 5.47. The minimum Gasteiger partial charge on any atom is -0.397 e. The number of nitrogens with zero attached hydrogens (tertiary/aromatic N) is 2. The Kier molecular flexibility index (Phi) is 0.887. The van der Waals surface area contributed by atoms with Crippen molar-refractivity contribution in [3.63, 3.8) is 0 Å². The lowest BCUT2D eigenvalue weighted by atomic mass is 10.4. The summed E-state index contributed by atoms with van der Waals surface area (Å²) >= 11 is 0. The van der Waals surface area contributed by atoms with Gasteiger partial charge in [0.2, 0.25) is 0 Å².